The molecule has 0 radical (unpaired) electrons. The zero-order chi connectivity index (χ0) is 23.0. The second kappa shape index (κ2) is 10.9. The van der Waals surface area contributed by atoms with Crippen molar-refractivity contribution in [2.45, 2.75) is 25.9 Å². The molecule has 33 heavy (non-hydrogen) atoms. The molecule has 5 heteroatoms. The van der Waals surface area contributed by atoms with Crippen LogP contribution in [0.15, 0.2) is 85.1 Å². The van der Waals surface area contributed by atoms with Crippen LogP contribution in [-0.2, 0) is 25.9 Å². The van der Waals surface area contributed by atoms with E-state index in [1.165, 1.54) is 5.56 Å². The van der Waals surface area contributed by atoms with Gasteiger partial charge in [0.05, 0.1) is 37.0 Å². The number of thiocarbonyl (C=S) groups is 1. The Labute approximate surface area is 199 Å². The van der Waals surface area contributed by atoms with E-state index in [0.717, 1.165) is 44.4 Å². The van der Waals surface area contributed by atoms with Gasteiger partial charge in [0.25, 0.3) is 0 Å². The molecule has 4 rings (SSSR count). The van der Waals surface area contributed by atoms with Gasteiger partial charge in [-0.3, -0.25) is 4.98 Å². The van der Waals surface area contributed by atoms with Gasteiger partial charge in [-0.2, -0.15) is 0 Å². The minimum Gasteiger partial charge on any atom is -0.497 e. The smallest absolute Gasteiger partial charge is 0.118 e. The number of aliphatic hydroxyl groups is 1. The first kappa shape index (κ1) is 22.8. The Morgan fingerprint density at radius 3 is 2.18 bits per heavy atom. The van der Waals surface area contributed by atoms with Crippen LogP contribution in [-0.4, -0.2) is 27.0 Å². The average Bonchev–Trinajstić information content (AvgIpc) is 2.86. The van der Waals surface area contributed by atoms with Gasteiger partial charge in [0.2, 0.25) is 0 Å². The van der Waals surface area contributed by atoms with Crippen molar-refractivity contribution in [3.05, 3.63) is 113 Å². The largest absolute Gasteiger partial charge is 0.497 e. The summed E-state index contributed by atoms with van der Waals surface area (Å²) in [5, 5.41) is 9.31. The molecule has 166 valence electrons. The molecule has 0 atom stereocenters. The molecular formula is C28H26N2O2S. The molecule has 0 aliphatic heterocycles. The van der Waals surface area contributed by atoms with E-state index in [9.17, 15) is 5.11 Å². The van der Waals surface area contributed by atoms with Gasteiger partial charge in [-0.1, -0.05) is 78.9 Å². The Balaban J connectivity index is 1.58. The monoisotopic (exact) mass is 454 g/mol. The lowest BCUT2D eigenvalue weighted by Gasteiger charge is -2.12. The van der Waals surface area contributed by atoms with Crippen molar-refractivity contribution in [1.82, 2.24) is 9.97 Å². The lowest BCUT2D eigenvalue weighted by Crippen LogP contribution is -2.11. The molecule has 4 aromatic rings. The molecule has 0 bridgehead atoms. The summed E-state index contributed by atoms with van der Waals surface area (Å²) in [5.41, 5.74) is 6.84. The lowest BCUT2D eigenvalue weighted by atomic mass is 10.0. The first-order chi connectivity index (χ1) is 16.1. The minimum absolute atomic E-state index is 0.0236. The molecule has 1 aromatic heterocycles. The quantitative estimate of drug-likeness (QED) is 0.344. The van der Waals surface area contributed by atoms with E-state index in [4.69, 9.17) is 26.9 Å². The number of hydrogen-bond acceptors (Lipinski definition) is 5. The SMILES string of the molecule is COc1ccc(CC(=S)Cc2ncc(-c3ccc(CO)cc3)nc2Cc2ccccc2)cc1. The van der Waals surface area contributed by atoms with E-state index in [1.807, 2.05) is 72.9 Å². The number of hydrogen-bond donors (Lipinski definition) is 1. The van der Waals surface area contributed by atoms with Crippen molar-refractivity contribution < 1.29 is 9.84 Å². The van der Waals surface area contributed by atoms with Crippen LogP contribution in [0.4, 0.5) is 0 Å². The second-order valence-electron chi connectivity index (χ2n) is 7.91. The van der Waals surface area contributed by atoms with Gasteiger partial charge in [0, 0.05) is 29.7 Å². The highest BCUT2D eigenvalue weighted by Crippen LogP contribution is 2.21. The first-order valence-corrected chi connectivity index (χ1v) is 11.3. The third-order valence-corrected chi connectivity index (χ3v) is 5.79. The van der Waals surface area contributed by atoms with Gasteiger partial charge in [-0.15, -0.1) is 0 Å². The summed E-state index contributed by atoms with van der Waals surface area (Å²) < 4.78 is 5.24. The fourth-order valence-corrected chi connectivity index (χ4v) is 3.97. The third kappa shape index (κ3) is 6.09. The Morgan fingerprint density at radius 2 is 1.52 bits per heavy atom. The Bertz CT molecular complexity index is 1210. The summed E-state index contributed by atoms with van der Waals surface area (Å²) >= 11 is 5.73. The van der Waals surface area contributed by atoms with Crippen LogP contribution >= 0.6 is 12.2 Å². The molecule has 3 aromatic carbocycles. The van der Waals surface area contributed by atoms with E-state index in [2.05, 4.69) is 12.1 Å². The maximum absolute atomic E-state index is 9.31. The molecule has 0 aliphatic rings. The molecule has 0 unspecified atom stereocenters. The molecule has 0 aliphatic carbocycles. The predicted molar refractivity (Wildman–Crippen MR) is 136 cm³/mol. The van der Waals surface area contributed by atoms with Crippen LogP contribution < -0.4 is 4.74 Å². The van der Waals surface area contributed by atoms with Crippen molar-refractivity contribution in [2.24, 2.45) is 0 Å². The number of aromatic nitrogens is 2. The topological polar surface area (TPSA) is 55.2 Å². The van der Waals surface area contributed by atoms with Gasteiger partial charge in [-0.05, 0) is 28.8 Å². The van der Waals surface area contributed by atoms with Gasteiger partial charge < -0.3 is 9.84 Å². The van der Waals surface area contributed by atoms with Crippen LogP contribution in [0.2, 0.25) is 0 Å². The van der Waals surface area contributed by atoms with Crippen molar-refractivity contribution in [2.75, 3.05) is 7.11 Å². The fourth-order valence-electron chi connectivity index (χ4n) is 3.67. The van der Waals surface area contributed by atoms with E-state index in [-0.39, 0.29) is 6.61 Å². The summed E-state index contributed by atoms with van der Waals surface area (Å²) in [6, 6.07) is 26.0. The molecule has 0 amide bonds. The number of nitrogens with zero attached hydrogens (tertiary/aromatic N) is 2. The second-order valence-corrected chi connectivity index (χ2v) is 8.48. The molecular weight excluding hydrogens is 428 g/mol. The third-order valence-electron chi connectivity index (χ3n) is 5.50. The lowest BCUT2D eigenvalue weighted by molar-refractivity contribution is 0.282. The summed E-state index contributed by atoms with van der Waals surface area (Å²) in [4.78, 5) is 10.7. The number of rotatable bonds is 9. The van der Waals surface area contributed by atoms with E-state index < -0.39 is 0 Å². The molecule has 0 spiro atoms. The van der Waals surface area contributed by atoms with E-state index in [1.54, 1.807) is 7.11 Å². The van der Waals surface area contributed by atoms with E-state index in [0.29, 0.717) is 19.3 Å². The Kier molecular flexibility index (Phi) is 7.55. The molecule has 1 N–H and O–H groups in total. The van der Waals surface area contributed by atoms with Crippen molar-refractivity contribution in [3.8, 4) is 17.0 Å². The standard InChI is InChI=1S/C28H26N2O2S/c1-32-24-13-9-21(10-14-24)15-25(33)17-26-27(16-20-5-3-2-4-6-20)30-28(18-29-26)23-11-7-22(19-31)8-12-23/h2-14,18,31H,15-17,19H2,1H3. The van der Waals surface area contributed by atoms with Gasteiger partial charge in [0.1, 0.15) is 5.75 Å². The van der Waals surface area contributed by atoms with Gasteiger partial charge in [-0.25, -0.2) is 4.98 Å². The molecule has 1 heterocycles. The van der Waals surface area contributed by atoms with Crippen molar-refractivity contribution in [3.63, 3.8) is 0 Å². The zero-order valence-corrected chi connectivity index (χ0v) is 19.4. The van der Waals surface area contributed by atoms with E-state index >= 15 is 0 Å². The summed E-state index contributed by atoms with van der Waals surface area (Å²) in [5.74, 6) is 0.836. The number of benzene rings is 3. The molecule has 0 saturated carbocycles. The highest BCUT2D eigenvalue weighted by Gasteiger charge is 2.13. The number of methoxy groups -OCH3 is 1. The average molecular weight is 455 g/mol. The van der Waals surface area contributed by atoms with Crippen LogP contribution in [0.25, 0.3) is 11.3 Å². The molecule has 4 nitrogen and oxygen atoms in total. The molecule has 0 fully saturated rings. The first-order valence-electron chi connectivity index (χ1n) is 10.9. The van der Waals surface area contributed by atoms with Crippen LogP contribution in [0.5, 0.6) is 5.75 Å². The van der Waals surface area contributed by atoms with Crippen molar-refractivity contribution >= 4 is 17.1 Å². The highest BCUT2D eigenvalue weighted by atomic mass is 32.1. The Hall–Kier alpha value is -3.41. The summed E-state index contributed by atoms with van der Waals surface area (Å²) in [6.45, 7) is 0.0236. The van der Waals surface area contributed by atoms with Crippen LogP contribution in [0.3, 0.4) is 0 Å². The number of aliphatic hydroxyl groups excluding tert-OH is 1. The van der Waals surface area contributed by atoms with Crippen LogP contribution in [0, 0.1) is 0 Å². The zero-order valence-electron chi connectivity index (χ0n) is 18.6. The van der Waals surface area contributed by atoms with Gasteiger partial charge >= 0.3 is 0 Å². The fraction of sp³-hybridized carbons (Fsp3) is 0.179. The highest BCUT2D eigenvalue weighted by molar-refractivity contribution is 7.80. The maximum Gasteiger partial charge on any atom is 0.118 e. The normalized spacial score (nSPS) is 10.7. The van der Waals surface area contributed by atoms with Crippen LogP contribution in [0.1, 0.15) is 28.1 Å². The summed E-state index contributed by atoms with van der Waals surface area (Å²) in [7, 11) is 1.66. The summed E-state index contributed by atoms with van der Waals surface area (Å²) in [6.07, 6.45) is 3.81. The Morgan fingerprint density at radius 1 is 0.818 bits per heavy atom. The molecule has 0 saturated heterocycles. The van der Waals surface area contributed by atoms with Gasteiger partial charge in [0.15, 0.2) is 0 Å². The maximum atomic E-state index is 9.31. The van der Waals surface area contributed by atoms with Crippen molar-refractivity contribution in [1.29, 1.82) is 0 Å². The minimum atomic E-state index is 0.0236. The predicted octanol–water partition coefficient (Wildman–Crippen LogP) is 5.39. The number of ether oxygens (including phenoxy) is 1.